The average Bonchev–Trinajstić information content (AvgIpc) is 2.28. The predicted molar refractivity (Wildman–Crippen MR) is 75.8 cm³/mol. The third kappa shape index (κ3) is 2.95. The van der Waals surface area contributed by atoms with E-state index in [1.54, 1.807) is 0 Å². The minimum atomic E-state index is -0.386. The number of aromatic hydroxyl groups is 1. The van der Waals surface area contributed by atoms with Crippen molar-refractivity contribution in [3.05, 3.63) is 28.8 Å². The van der Waals surface area contributed by atoms with Crippen LogP contribution in [-0.2, 0) is 4.74 Å². The molecule has 0 aliphatic carbocycles. The van der Waals surface area contributed by atoms with Crippen LogP contribution in [0.5, 0.6) is 5.75 Å². The first-order valence-corrected chi connectivity index (χ1v) is 6.04. The van der Waals surface area contributed by atoms with Crippen LogP contribution in [0.25, 0.3) is 0 Å². The number of alkyl carbamates (subject to hydrolysis) is 1. The fourth-order valence-corrected chi connectivity index (χ4v) is 2.38. The molecule has 1 saturated heterocycles. The number of hydrogen-bond acceptors (Lipinski definition) is 3. The van der Waals surface area contributed by atoms with Crippen molar-refractivity contribution in [3.63, 3.8) is 0 Å². The van der Waals surface area contributed by atoms with E-state index >= 15 is 0 Å². The molecular weight excluding hydrogens is 266 g/mol. The van der Waals surface area contributed by atoms with E-state index in [1.807, 2.05) is 26.0 Å². The Morgan fingerprint density at radius 3 is 2.37 bits per heavy atom. The average molecular weight is 286 g/mol. The first-order valence-electron chi connectivity index (χ1n) is 6.04. The summed E-state index contributed by atoms with van der Waals surface area (Å²) in [6, 6.07) is 3.73. The highest BCUT2D eigenvalue weighted by Gasteiger charge is 2.38. The molecule has 1 heterocycles. The van der Waals surface area contributed by atoms with Crippen molar-refractivity contribution >= 4 is 18.5 Å². The zero-order valence-electron chi connectivity index (χ0n) is 11.6. The first kappa shape index (κ1) is 15.6. The fraction of sp³-hybridized carbons (Fsp3) is 0.500. The van der Waals surface area contributed by atoms with Crippen molar-refractivity contribution in [2.24, 2.45) is 5.41 Å². The van der Waals surface area contributed by atoms with Crippen LogP contribution in [0.1, 0.15) is 36.6 Å². The molecule has 0 spiro atoms. The van der Waals surface area contributed by atoms with Gasteiger partial charge in [0.05, 0.1) is 6.04 Å². The summed E-state index contributed by atoms with van der Waals surface area (Å²) in [5, 5.41) is 12.7. The normalized spacial score (nSPS) is 21.1. The Morgan fingerprint density at radius 1 is 1.32 bits per heavy atom. The summed E-state index contributed by atoms with van der Waals surface area (Å²) in [6.07, 6.45) is -0.386. The van der Waals surface area contributed by atoms with Crippen molar-refractivity contribution in [1.82, 2.24) is 5.32 Å². The van der Waals surface area contributed by atoms with Crippen LogP contribution >= 0.6 is 12.4 Å². The third-order valence-electron chi connectivity index (χ3n) is 3.47. The van der Waals surface area contributed by atoms with Crippen molar-refractivity contribution in [1.29, 1.82) is 0 Å². The van der Waals surface area contributed by atoms with Gasteiger partial charge >= 0.3 is 6.09 Å². The van der Waals surface area contributed by atoms with E-state index in [0.717, 1.165) is 16.7 Å². The van der Waals surface area contributed by atoms with Gasteiger partial charge in [-0.05, 0) is 30.5 Å². The standard InChI is InChI=1S/C14H19NO3.ClH/c1-8-5-10(6-9(2)11(8)16)12-14(3,4)7-18-13(17)15-12;/h5-6,12,16H,7H2,1-4H3,(H,15,17);1H/t12-;/m1./s1. The highest BCUT2D eigenvalue weighted by Crippen LogP contribution is 2.38. The van der Waals surface area contributed by atoms with Gasteiger partial charge in [0.2, 0.25) is 0 Å². The number of aryl methyl sites for hydroxylation is 2. The Balaban J connectivity index is 0.00000180. The Labute approximate surface area is 119 Å². The van der Waals surface area contributed by atoms with Crippen molar-refractivity contribution in [2.45, 2.75) is 33.7 Å². The summed E-state index contributed by atoms with van der Waals surface area (Å²) >= 11 is 0. The zero-order valence-corrected chi connectivity index (χ0v) is 12.4. The Hall–Kier alpha value is -1.42. The van der Waals surface area contributed by atoms with Gasteiger partial charge in [0.1, 0.15) is 12.4 Å². The SMILES string of the molecule is Cc1cc([C@H]2NC(=O)OCC2(C)C)cc(C)c1O.Cl. The van der Waals surface area contributed by atoms with Gasteiger partial charge in [0.15, 0.2) is 0 Å². The molecule has 1 aliphatic rings. The number of carbonyl (C=O) groups is 1. The maximum Gasteiger partial charge on any atom is 0.407 e. The van der Waals surface area contributed by atoms with Gasteiger partial charge in [-0.1, -0.05) is 26.0 Å². The van der Waals surface area contributed by atoms with E-state index in [2.05, 4.69) is 19.2 Å². The number of rotatable bonds is 1. The first-order chi connectivity index (χ1) is 8.31. The Morgan fingerprint density at radius 2 is 1.84 bits per heavy atom. The Bertz CT molecular complexity index is 476. The molecule has 0 radical (unpaired) electrons. The van der Waals surface area contributed by atoms with Crippen LogP contribution in [0.2, 0.25) is 0 Å². The number of phenolic OH excluding ortho intramolecular Hbond substituents is 1. The number of halogens is 1. The number of cyclic esters (lactones) is 1. The van der Waals surface area contributed by atoms with Crippen LogP contribution < -0.4 is 5.32 Å². The topological polar surface area (TPSA) is 58.6 Å². The molecule has 1 fully saturated rings. The summed E-state index contributed by atoms with van der Waals surface area (Å²) in [5.74, 6) is 0.315. The molecule has 1 aromatic carbocycles. The largest absolute Gasteiger partial charge is 0.507 e. The lowest BCUT2D eigenvalue weighted by molar-refractivity contribution is 0.0387. The van der Waals surface area contributed by atoms with Crippen LogP contribution in [0, 0.1) is 19.3 Å². The van der Waals surface area contributed by atoms with Crippen molar-refractivity contribution < 1.29 is 14.6 Å². The van der Waals surface area contributed by atoms with Gasteiger partial charge in [0.25, 0.3) is 0 Å². The number of amides is 1. The number of nitrogens with one attached hydrogen (secondary N) is 1. The molecule has 1 aromatic rings. The second kappa shape index (κ2) is 5.29. The summed E-state index contributed by atoms with van der Waals surface area (Å²) in [5.41, 5.74) is 2.47. The molecule has 0 saturated carbocycles. The van der Waals surface area contributed by atoms with Gasteiger partial charge in [-0.15, -0.1) is 12.4 Å². The van der Waals surface area contributed by atoms with E-state index in [4.69, 9.17) is 4.74 Å². The smallest absolute Gasteiger partial charge is 0.407 e. The molecule has 5 heteroatoms. The predicted octanol–water partition coefficient (Wildman–Crippen LogP) is 3.24. The molecular formula is C14H20ClNO3. The number of phenols is 1. The summed E-state index contributed by atoms with van der Waals surface area (Å²) < 4.78 is 5.03. The zero-order chi connectivity index (χ0) is 13.5. The molecule has 2 N–H and O–H groups in total. The van der Waals surface area contributed by atoms with Gasteiger partial charge in [-0.25, -0.2) is 4.79 Å². The molecule has 0 aromatic heterocycles. The van der Waals surface area contributed by atoms with E-state index in [1.165, 1.54) is 0 Å². The highest BCUT2D eigenvalue weighted by atomic mass is 35.5. The molecule has 106 valence electrons. The van der Waals surface area contributed by atoms with Crippen LogP contribution in [0.4, 0.5) is 4.79 Å². The van der Waals surface area contributed by atoms with Gasteiger partial charge in [-0.3, -0.25) is 0 Å². The van der Waals surface area contributed by atoms with Gasteiger partial charge in [-0.2, -0.15) is 0 Å². The number of carbonyl (C=O) groups excluding carboxylic acids is 1. The Kier molecular flexibility index (Phi) is 4.35. The van der Waals surface area contributed by atoms with E-state index in [-0.39, 0.29) is 30.0 Å². The van der Waals surface area contributed by atoms with Crippen LogP contribution in [0.3, 0.4) is 0 Å². The van der Waals surface area contributed by atoms with Crippen molar-refractivity contribution in [2.75, 3.05) is 6.61 Å². The molecule has 0 bridgehead atoms. The minimum Gasteiger partial charge on any atom is -0.507 e. The van der Waals surface area contributed by atoms with Gasteiger partial charge in [0, 0.05) is 5.41 Å². The lowest BCUT2D eigenvalue weighted by Crippen LogP contribution is -2.46. The van der Waals surface area contributed by atoms with Crippen LogP contribution in [0.15, 0.2) is 12.1 Å². The van der Waals surface area contributed by atoms with E-state index in [9.17, 15) is 9.90 Å². The number of hydrogen-bond donors (Lipinski definition) is 2. The minimum absolute atomic E-state index is 0. The summed E-state index contributed by atoms with van der Waals surface area (Å²) in [6.45, 7) is 8.21. The van der Waals surface area contributed by atoms with Crippen molar-refractivity contribution in [3.8, 4) is 5.75 Å². The quantitative estimate of drug-likeness (QED) is 0.833. The lowest BCUT2D eigenvalue weighted by atomic mass is 9.79. The molecule has 1 aliphatic heterocycles. The van der Waals surface area contributed by atoms with E-state index in [0.29, 0.717) is 12.4 Å². The number of ether oxygens (including phenoxy) is 1. The molecule has 2 rings (SSSR count). The second-order valence-electron chi connectivity index (χ2n) is 5.65. The van der Waals surface area contributed by atoms with Gasteiger partial charge < -0.3 is 15.2 Å². The maximum atomic E-state index is 11.4. The monoisotopic (exact) mass is 285 g/mol. The lowest BCUT2D eigenvalue weighted by Gasteiger charge is -2.38. The number of benzene rings is 1. The highest BCUT2D eigenvalue weighted by molar-refractivity contribution is 5.85. The fourth-order valence-electron chi connectivity index (χ4n) is 2.38. The summed E-state index contributed by atoms with van der Waals surface area (Å²) in [7, 11) is 0. The third-order valence-corrected chi connectivity index (χ3v) is 3.47. The molecule has 0 unspecified atom stereocenters. The molecule has 4 nitrogen and oxygen atoms in total. The maximum absolute atomic E-state index is 11.4. The molecule has 19 heavy (non-hydrogen) atoms. The summed E-state index contributed by atoms with van der Waals surface area (Å²) in [4.78, 5) is 11.4. The molecule has 1 atom stereocenters. The second-order valence-corrected chi connectivity index (χ2v) is 5.65. The van der Waals surface area contributed by atoms with E-state index < -0.39 is 0 Å². The molecule has 1 amide bonds. The van der Waals surface area contributed by atoms with Crippen LogP contribution in [-0.4, -0.2) is 17.8 Å².